The quantitative estimate of drug-likeness (QED) is 0.428. The van der Waals surface area contributed by atoms with E-state index in [4.69, 9.17) is 9.84 Å². The Bertz CT molecular complexity index is 1000. The molecule has 9 heteroatoms. The molecule has 0 radical (unpaired) electrons. The van der Waals surface area contributed by atoms with Crippen molar-refractivity contribution in [1.29, 1.82) is 0 Å². The zero-order valence-corrected chi connectivity index (χ0v) is 21.1. The van der Waals surface area contributed by atoms with Crippen molar-refractivity contribution in [3.8, 4) is 0 Å². The smallest absolute Gasteiger partial charge is 0.322 e. The first kappa shape index (κ1) is 26.5. The minimum absolute atomic E-state index is 0.00909. The van der Waals surface area contributed by atoms with Crippen LogP contribution in [-0.4, -0.2) is 58.4 Å². The van der Waals surface area contributed by atoms with Crippen molar-refractivity contribution in [3.63, 3.8) is 0 Å². The van der Waals surface area contributed by atoms with Crippen LogP contribution in [0.4, 0.5) is 0 Å². The number of allylic oxidation sites excluding steroid dienone is 1. The fourth-order valence-corrected chi connectivity index (χ4v) is 7.85. The Hall–Kier alpha value is -2.55. The first-order chi connectivity index (χ1) is 16.9. The van der Waals surface area contributed by atoms with Gasteiger partial charge < -0.3 is 20.3 Å². The van der Waals surface area contributed by atoms with Crippen molar-refractivity contribution in [3.05, 3.63) is 11.6 Å². The molecule has 4 aliphatic rings. The third-order valence-electron chi connectivity index (χ3n) is 9.93. The molecule has 0 bridgehead atoms. The summed E-state index contributed by atoms with van der Waals surface area (Å²) in [6.07, 6.45) is 7.32. The highest BCUT2D eigenvalue weighted by Gasteiger charge is 2.66. The summed E-state index contributed by atoms with van der Waals surface area (Å²) in [6.45, 7) is 3.22. The van der Waals surface area contributed by atoms with E-state index in [9.17, 15) is 29.1 Å². The van der Waals surface area contributed by atoms with E-state index in [2.05, 4.69) is 12.2 Å². The molecule has 4 rings (SSSR count). The van der Waals surface area contributed by atoms with Crippen LogP contribution in [0.1, 0.15) is 78.1 Å². The van der Waals surface area contributed by atoms with Crippen molar-refractivity contribution in [2.75, 3.05) is 13.2 Å². The Morgan fingerprint density at radius 1 is 1.03 bits per heavy atom. The fourth-order valence-electron chi connectivity index (χ4n) is 7.85. The maximum absolute atomic E-state index is 13.2. The molecular weight excluding hydrogens is 466 g/mol. The highest BCUT2D eigenvalue weighted by molar-refractivity contribution is 5.92. The van der Waals surface area contributed by atoms with Crippen LogP contribution in [0, 0.1) is 28.6 Å². The Balaban J connectivity index is 1.37. The van der Waals surface area contributed by atoms with Gasteiger partial charge in [0.05, 0.1) is 6.42 Å². The van der Waals surface area contributed by atoms with Crippen LogP contribution >= 0.6 is 0 Å². The van der Waals surface area contributed by atoms with E-state index in [1.165, 1.54) is 5.57 Å². The maximum Gasteiger partial charge on any atom is 0.322 e. The molecule has 0 aromatic heterocycles. The van der Waals surface area contributed by atoms with E-state index >= 15 is 0 Å². The zero-order valence-electron chi connectivity index (χ0n) is 21.1. The molecule has 0 saturated heterocycles. The summed E-state index contributed by atoms with van der Waals surface area (Å²) in [4.78, 5) is 59.4. The molecule has 3 N–H and O–H groups in total. The predicted octanol–water partition coefficient (Wildman–Crippen LogP) is 2.34. The van der Waals surface area contributed by atoms with Crippen LogP contribution in [0.25, 0.3) is 0 Å². The number of hydrogen-bond acceptors (Lipinski definition) is 7. The van der Waals surface area contributed by atoms with Gasteiger partial charge >= 0.3 is 11.9 Å². The van der Waals surface area contributed by atoms with E-state index in [0.717, 1.165) is 32.1 Å². The van der Waals surface area contributed by atoms with E-state index in [-0.39, 0.29) is 30.0 Å². The van der Waals surface area contributed by atoms with Crippen molar-refractivity contribution in [2.24, 2.45) is 28.6 Å². The summed E-state index contributed by atoms with van der Waals surface area (Å²) in [5, 5.41) is 22.4. The number of ether oxygens (including phenoxy) is 1. The molecule has 0 spiro atoms. The molecule has 0 aliphatic heterocycles. The highest BCUT2D eigenvalue weighted by Crippen LogP contribution is 2.67. The van der Waals surface area contributed by atoms with Gasteiger partial charge in [-0.25, -0.2) is 0 Å². The average Bonchev–Trinajstić information content (AvgIpc) is 3.12. The first-order valence-corrected chi connectivity index (χ1v) is 13.0. The number of fused-ring (bicyclic) bond motifs is 5. The molecule has 0 unspecified atom stereocenters. The molecule has 1 amide bonds. The SMILES string of the molecule is C[C@]12CC[C@H]3[C@H](CCC4=CC(=O)CC[C@]43C)[C@H]1CC[C@@]2(O)C(=O)COC(=O)CCC(=O)NCC(=O)O. The Labute approximate surface area is 211 Å². The number of Topliss-reactive ketones (excluding diaryl/α,β-unsaturated/α-hetero) is 1. The van der Waals surface area contributed by atoms with Gasteiger partial charge in [-0.05, 0) is 74.2 Å². The monoisotopic (exact) mass is 503 g/mol. The Morgan fingerprint density at radius 2 is 1.75 bits per heavy atom. The van der Waals surface area contributed by atoms with Crippen LogP contribution in [0.2, 0.25) is 0 Å². The van der Waals surface area contributed by atoms with Crippen molar-refractivity contribution >= 4 is 29.4 Å². The molecule has 3 saturated carbocycles. The van der Waals surface area contributed by atoms with E-state index in [0.29, 0.717) is 31.1 Å². The Kier molecular flexibility index (Phi) is 7.16. The van der Waals surface area contributed by atoms with Crippen molar-refractivity contribution in [1.82, 2.24) is 5.32 Å². The average molecular weight is 504 g/mol. The lowest BCUT2D eigenvalue weighted by Crippen LogP contribution is -2.58. The standard InChI is InChI=1S/C27H37NO8/c1-25-10-7-17(29)13-16(25)3-4-18-19(25)8-11-26(2)20(18)9-12-27(26,35)21(30)15-36-24(34)6-5-22(31)28-14-23(32)33/h13,18-20,35H,3-12,14-15H2,1-2H3,(H,28,31)(H,32,33)/t18-,19-,20+,25+,26-,27+/m0/s1. The summed E-state index contributed by atoms with van der Waals surface area (Å²) in [6, 6.07) is 0. The first-order valence-electron chi connectivity index (χ1n) is 13.0. The summed E-state index contributed by atoms with van der Waals surface area (Å²) >= 11 is 0. The number of ketones is 2. The van der Waals surface area contributed by atoms with Gasteiger partial charge in [0, 0.05) is 18.3 Å². The maximum atomic E-state index is 13.2. The van der Waals surface area contributed by atoms with Crippen LogP contribution < -0.4 is 5.32 Å². The van der Waals surface area contributed by atoms with Crippen LogP contribution in [0.15, 0.2) is 11.6 Å². The Morgan fingerprint density at radius 3 is 2.47 bits per heavy atom. The zero-order chi connectivity index (χ0) is 26.3. The lowest BCUT2D eigenvalue weighted by Gasteiger charge is -2.58. The largest absolute Gasteiger partial charge is 0.480 e. The molecule has 6 atom stereocenters. The van der Waals surface area contributed by atoms with Gasteiger partial charge in [-0.2, -0.15) is 0 Å². The van der Waals surface area contributed by atoms with Gasteiger partial charge in [0.15, 0.2) is 12.4 Å². The number of hydrogen-bond donors (Lipinski definition) is 3. The number of aliphatic carboxylic acids is 1. The molecule has 0 heterocycles. The summed E-state index contributed by atoms with van der Waals surface area (Å²) in [5.74, 6) is -1.79. The van der Waals surface area contributed by atoms with Crippen LogP contribution in [-0.2, 0) is 28.7 Å². The summed E-state index contributed by atoms with van der Waals surface area (Å²) < 4.78 is 5.10. The lowest BCUT2D eigenvalue weighted by molar-refractivity contribution is -0.170. The summed E-state index contributed by atoms with van der Waals surface area (Å²) in [5.41, 5.74) is -0.885. The molecule has 198 valence electrons. The molecule has 0 aromatic rings. The van der Waals surface area contributed by atoms with E-state index < -0.39 is 47.8 Å². The topological polar surface area (TPSA) is 147 Å². The number of rotatable bonds is 8. The van der Waals surface area contributed by atoms with Gasteiger partial charge in [0.1, 0.15) is 12.1 Å². The lowest BCUT2D eigenvalue weighted by atomic mass is 9.46. The molecule has 36 heavy (non-hydrogen) atoms. The van der Waals surface area contributed by atoms with Gasteiger partial charge in [-0.15, -0.1) is 0 Å². The van der Waals surface area contributed by atoms with Crippen LogP contribution in [0.5, 0.6) is 0 Å². The van der Waals surface area contributed by atoms with Gasteiger partial charge in [0.2, 0.25) is 11.7 Å². The second-order valence-electron chi connectivity index (χ2n) is 11.6. The molecular formula is C27H37NO8. The third kappa shape index (κ3) is 4.51. The van der Waals surface area contributed by atoms with E-state index in [1.54, 1.807) is 0 Å². The normalized spacial score (nSPS) is 37.1. The second kappa shape index (κ2) is 9.72. The number of carboxylic acids is 1. The second-order valence-corrected chi connectivity index (χ2v) is 11.6. The van der Waals surface area contributed by atoms with Gasteiger partial charge in [-0.1, -0.05) is 19.4 Å². The number of nitrogens with one attached hydrogen (secondary N) is 1. The molecule has 9 nitrogen and oxygen atoms in total. The van der Waals surface area contributed by atoms with Gasteiger partial charge in [0.25, 0.3) is 0 Å². The fraction of sp³-hybridized carbons (Fsp3) is 0.741. The van der Waals surface area contributed by atoms with Crippen molar-refractivity contribution in [2.45, 2.75) is 83.7 Å². The number of aliphatic hydroxyl groups is 1. The van der Waals surface area contributed by atoms with Gasteiger partial charge in [-0.3, -0.25) is 24.0 Å². The van der Waals surface area contributed by atoms with E-state index in [1.807, 2.05) is 13.0 Å². The number of carbonyl (C=O) groups is 5. The molecule has 4 aliphatic carbocycles. The third-order valence-corrected chi connectivity index (χ3v) is 9.93. The van der Waals surface area contributed by atoms with Crippen LogP contribution in [0.3, 0.4) is 0 Å². The minimum atomic E-state index is -1.57. The number of carbonyl (C=O) groups excluding carboxylic acids is 4. The molecule has 3 fully saturated rings. The predicted molar refractivity (Wildman–Crippen MR) is 128 cm³/mol. The molecule has 0 aromatic carbocycles. The number of esters is 1. The summed E-state index contributed by atoms with van der Waals surface area (Å²) in [7, 11) is 0. The highest BCUT2D eigenvalue weighted by atomic mass is 16.5. The number of carboxylic acid groups (broad SMARTS) is 1. The minimum Gasteiger partial charge on any atom is -0.480 e. The number of amides is 1. The van der Waals surface area contributed by atoms with Crippen molar-refractivity contribution < 1.29 is 38.9 Å².